The van der Waals surface area contributed by atoms with Gasteiger partial charge in [0, 0.05) is 30.1 Å². The summed E-state index contributed by atoms with van der Waals surface area (Å²) in [6.07, 6.45) is 5.96. The molecule has 0 spiro atoms. The molecule has 0 radical (unpaired) electrons. The van der Waals surface area contributed by atoms with E-state index in [0.29, 0.717) is 17.9 Å². The number of fused-ring (bicyclic) bond motifs is 1. The van der Waals surface area contributed by atoms with Gasteiger partial charge in [-0.15, -0.1) is 0 Å². The SMILES string of the molecule is CCC(CC(=O)C(CC)C(C)(C)C1=CC(C)c2ccccc21)C(=O)C(C)C(/C=C(\C)C(C)=O)C(C)C. The third kappa shape index (κ3) is 6.33. The van der Waals surface area contributed by atoms with Crippen molar-refractivity contribution in [1.29, 1.82) is 0 Å². The van der Waals surface area contributed by atoms with Gasteiger partial charge in [0.05, 0.1) is 0 Å². The number of carbonyl (C=O) groups is 3. The first kappa shape index (κ1) is 29.9. The normalized spacial score (nSPS) is 19.4. The Kier molecular flexibility index (Phi) is 10.2. The second-order valence-corrected chi connectivity index (χ2v) is 11.8. The van der Waals surface area contributed by atoms with Gasteiger partial charge in [0.2, 0.25) is 0 Å². The Hall–Kier alpha value is -2.29. The van der Waals surface area contributed by atoms with E-state index in [0.717, 1.165) is 6.42 Å². The molecule has 0 saturated heterocycles. The number of ketones is 3. The molecule has 0 aromatic heterocycles. The number of rotatable bonds is 13. The lowest BCUT2D eigenvalue weighted by atomic mass is 9.67. The molecule has 1 aliphatic carbocycles. The quantitative estimate of drug-likeness (QED) is 0.261. The van der Waals surface area contributed by atoms with Crippen LogP contribution in [0.5, 0.6) is 0 Å². The lowest BCUT2D eigenvalue weighted by Gasteiger charge is -2.36. The van der Waals surface area contributed by atoms with E-state index in [4.69, 9.17) is 0 Å². The summed E-state index contributed by atoms with van der Waals surface area (Å²) in [6, 6.07) is 8.51. The number of benzene rings is 1. The van der Waals surface area contributed by atoms with Gasteiger partial charge in [0.1, 0.15) is 11.6 Å². The highest BCUT2D eigenvalue weighted by Crippen LogP contribution is 2.50. The Labute approximate surface area is 219 Å². The molecule has 0 saturated carbocycles. The summed E-state index contributed by atoms with van der Waals surface area (Å²) in [6.45, 7) is 20.2. The second kappa shape index (κ2) is 12.3. The minimum atomic E-state index is -0.318. The Balaban J connectivity index is 2.27. The molecule has 1 aliphatic rings. The minimum absolute atomic E-state index is 0.0226. The number of hydrogen-bond donors (Lipinski definition) is 0. The number of allylic oxidation sites excluding steroid dienone is 4. The molecule has 3 heteroatoms. The van der Waals surface area contributed by atoms with Crippen molar-refractivity contribution >= 4 is 22.9 Å². The summed E-state index contributed by atoms with van der Waals surface area (Å²) in [5, 5.41) is 0. The first-order chi connectivity index (χ1) is 16.8. The van der Waals surface area contributed by atoms with Gasteiger partial charge in [-0.05, 0) is 66.2 Å². The zero-order valence-corrected chi connectivity index (χ0v) is 24.3. The van der Waals surface area contributed by atoms with Crippen LogP contribution in [0.25, 0.3) is 5.57 Å². The van der Waals surface area contributed by atoms with E-state index in [1.807, 2.05) is 26.8 Å². The first-order valence-corrected chi connectivity index (χ1v) is 13.8. The molecule has 0 heterocycles. The van der Waals surface area contributed by atoms with Crippen molar-refractivity contribution in [3.8, 4) is 0 Å². The minimum Gasteiger partial charge on any atom is -0.299 e. The van der Waals surface area contributed by atoms with Gasteiger partial charge in [-0.3, -0.25) is 14.4 Å². The number of carbonyl (C=O) groups excluding carboxylic acids is 3. The maximum Gasteiger partial charge on any atom is 0.155 e. The molecule has 5 unspecified atom stereocenters. The Morgan fingerprint density at radius 3 is 2.14 bits per heavy atom. The molecule has 0 aliphatic heterocycles. The lowest BCUT2D eigenvalue weighted by molar-refractivity contribution is -0.134. The highest BCUT2D eigenvalue weighted by Gasteiger charge is 2.41. The molecule has 0 bridgehead atoms. The van der Waals surface area contributed by atoms with Gasteiger partial charge < -0.3 is 0 Å². The standard InChI is InChI=1S/C33H48O3/c1-11-25(32(36)23(7)28(20(3)4)17-21(5)24(8)34)19-31(35)29(12-2)33(9,10)30-18-22(6)26-15-13-14-16-27(26)30/h13-18,20,22-23,25,28-29H,11-12,19H2,1-10H3/b21-17+. The van der Waals surface area contributed by atoms with Gasteiger partial charge in [0.15, 0.2) is 5.78 Å². The summed E-state index contributed by atoms with van der Waals surface area (Å²) >= 11 is 0. The topological polar surface area (TPSA) is 51.2 Å². The van der Waals surface area contributed by atoms with Crippen LogP contribution in [0.1, 0.15) is 106 Å². The molecule has 0 amide bonds. The molecular weight excluding hydrogens is 444 g/mol. The molecule has 1 aromatic carbocycles. The van der Waals surface area contributed by atoms with E-state index >= 15 is 0 Å². The third-order valence-electron chi connectivity index (χ3n) is 8.66. The summed E-state index contributed by atoms with van der Waals surface area (Å²) < 4.78 is 0. The molecule has 5 atom stereocenters. The zero-order valence-electron chi connectivity index (χ0n) is 24.3. The predicted octanol–water partition coefficient (Wildman–Crippen LogP) is 8.24. The van der Waals surface area contributed by atoms with Gasteiger partial charge in [-0.2, -0.15) is 0 Å². The Bertz CT molecular complexity index is 1020. The van der Waals surface area contributed by atoms with Crippen molar-refractivity contribution in [2.24, 2.45) is 35.0 Å². The zero-order chi connectivity index (χ0) is 27.4. The van der Waals surface area contributed by atoms with Crippen LogP contribution < -0.4 is 0 Å². The molecule has 2 rings (SSSR count). The molecule has 0 N–H and O–H groups in total. The molecule has 1 aromatic rings. The Morgan fingerprint density at radius 2 is 1.61 bits per heavy atom. The van der Waals surface area contributed by atoms with E-state index in [2.05, 4.69) is 71.9 Å². The summed E-state index contributed by atoms with van der Waals surface area (Å²) in [5.41, 5.74) is 4.21. The van der Waals surface area contributed by atoms with Crippen LogP contribution in [0.4, 0.5) is 0 Å². The van der Waals surface area contributed by atoms with Crippen LogP contribution >= 0.6 is 0 Å². The maximum atomic E-state index is 13.8. The lowest BCUT2D eigenvalue weighted by Crippen LogP contribution is -2.35. The van der Waals surface area contributed by atoms with Crippen molar-refractivity contribution in [3.05, 3.63) is 53.1 Å². The van der Waals surface area contributed by atoms with E-state index < -0.39 is 0 Å². The highest BCUT2D eigenvalue weighted by molar-refractivity contribution is 5.94. The van der Waals surface area contributed by atoms with Crippen LogP contribution in [-0.2, 0) is 14.4 Å². The van der Waals surface area contributed by atoms with E-state index in [-0.39, 0.29) is 58.8 Å². The van der Waals surface area contributed by atoms with Gasteiger partial charge in [-0.1, -0.05) is 91.8 Å². The van der Waals surface area contributed by atoms with Crippen molar-refractivity contribution in [2.45, 2.75) is 94.4 Å². The van der Waals surface area contributed by atoms with Crippen molar-refractivity contribution in [3.63, 3.8) is 0 Å². The van der Waals surface area contributed by atoms with Gasteiger partial charge in [0.25, 0.3) is 0 Å². The van der Waals surface area contributed by atoms with Crippen LogP contribution in [-0.4, -0.2) is 17.3 Å². The third-order valence-corrected chi connectivity index (χ3v) is 8.66. The Morgan fingerprint density at radius 1 is 1.00 bits per heavy atom. The molecular formula is C33H48O3. The van der Waals surface area contributed by atoms with E-state index in [9.17, 15) is 14.4 Å². The fraction of sp³-hybridized carbons (Fsp3) is 0.606. The fourth-order valence-corrected chi connectivity index (χ4v) is 6.17. The average molecular weight is 493 g/mol. The van der Waals surface area contributed by atoms with Crippen LogP contribution in [0.3, 0.4) is 0 Å². The van der Waals surface area contributed by atoms with Gasteiger partial charge >= 0.3 is 0 Å². The number of hydrogen-bond acceptors (Lipinski definition) is 3. The molecule has 198 valence electrons. The van der Waals surface area contributed by atoms with Crippen LogP contribution in [0.15, 0.2) is 42.0 Å². The van der Waals surface area contributed by atoms with E-state index in [1.54, 1.807) is 6.92 Å². The average Bonchev–Trinajstić information content (AvgIpc) is 3.17. The molecule has 0 fully saturated rings. The summed E-state index contributed by atoms with van der Waals surface area (Å²) in [7, 11) is 0. The maximum absolute atomic E-state index is 13.8. The van der Waals surface area contributed by atoms with Crippen molar-refractivity contribution in [2.75, 3.05) is 0 Å². The largest absolute Gasteiger partial charge is 0.299 e. The molecule has 3 nitrogen and oxygen atoms in total. The fourth-order valence-electron chi connectivity index (χ4n) is 6.17. The summed E-state index contributed by atoms with van der Waals surface area (Å²) in [4.78, 5) is 39.3. The number of Topliss-reactive ketones (excluding diaryl/α,β-unsaturated/α-hetero) is 3. The smallest absolute Gasteiger partial charge is 0.155 e. The summed E-state index contributed by atoms with van der Waals surface area (Å²) in [5.74, 6) is 0.217. The first-order valence-electron chi connectivity index (χ1n) is 13.8. The van der Waals surface area contributed by atoms with Crippen LogP contribution in [0, 0.1) is 35.0 Å². The van der Waals surface area contributed by atoms with Crippen molar-refractivity contribution in [1.82, 2.24) is 0 Å². The van der Waals surface area contributed by atoms with E-state index in [1.165, 1.54) is 16.7 Å². The van der Waals surface area contributed by atoms with Gasteiger partial charge in [-0.25, -0.2) is 0 Å². The van der Waals surface area contributed by atoms with Crippen molar-refractivity contribution < 1.29 is 14.4 Å². The van der Waals surface area contributed by atoms with Crippen LogP contribution in [0.2, 0.25) is 0 Å². The molecule has 36 heavy (non-hydrogen) atoms. The second-order valence-electron chi connectivity index (χ2n) is 11.8. The highest BCUT2D eigenvalue weighted by atomic mass is 16.1. The predicted molar refractivity (Wildman–Crippen MR) is 151 cm³/mol. The monoisotopic (exact) mass is 492 g/mol.